The van der Waals surface area contributed by atoms with Gasteiger partial charge in [-0.25, -0.2) is 0 Å². The molecule has 6 nitrogen and oxygen atoms in total. The minimum Gasteiger partial charge on any atom is -0.483 e. The number of primary amides is 1. The number of allylic oxidation sites excluding steroid dienone is 1. The summed E-state index contributed by atoms with van der Waals surface area (Å²) >= 11 is 1.26. The number of carbonyl (C=O) groups excluding carboxylic acids is 1. The minimum atomic E-state index is -0.394. The third-order valence-electron chi connectivity index (χ3n) is 3.62. The van der Waals surface area contributed by atoms with Gasteiger partial charge in [-0.1, -0.05) is 43.8 Å². The number of nitrogens with two attached hydrogens (primary N) is 1. The molecule has 0 saturated heterocycles. The summed E-state index contributed by atoms with van der Waals surface area (Å²) in [5, 5.41) is 8.99. The summed E-state index contributed by atoms with van der Waals surface area (Å²) < 4.78 is 7.89. The molecule has 1 unspecified atom stereocenters. The van der Waals surface area contributed by atoms with Crippen molar-refractivity contribution in [3.63, 3.8) is 0 Å². The summed E-state index contributed by atoms with van der Waals surface area (Å²) in [6.45, 7) is 10.5. The summed E-state index contributed by atoms with van der Waals surface area (Å²) in [5.41, 5.74) is 6.47. The van der Waals surface area contributed by atoms with Crippen LogP contribution in [0.3, 0.4) is 0 Å². The van der Waals surface area contributed by atoms with Crippen LogP contribution >= 0.6 is 11.8 Å². The molecule has 2 rings (SSSR count). The van der Waals surface area contributed by atoms with E-state index in [4.69, 9.17) is 10.5 Å². The van der Waals surface area contributed by atoms with Gasteiger partial charge < -0.3 is 10.5 Å². The molecule has 0 spiro atoms. The smallest absolute Gasteiger partial charge is 0.227 e. The van der Waals surface area contributed by atoms with Crippen LogP contribution < -0.4 is 10.5 Å². The maximum atomic E-state index is 11.0. The van der Waals surface area contributed by atoms with Crippen molar-refractivity contribution in [2.75, 3.05) is 5.75 Å². The Morgan fingerprint density at radius 1 is 1.32 bits per heavy atom. The summed E-state index contributed by atoms with van der Waals surface area (Å²) in [6, 6.07) is 8.05. The van der Waals surface area contributed by atoms with E-state index in [-0.39, 0.29) is 11.9 Å². The lowest BCUT2D eigenvalue weighted by atomic mass is 10.0. The fraction of sp³-hybridized carbons (Fsp3) is 0.389. The maximum Gasteiger partial charge on any atom is 0.227 e. The van der Waals surface area contributed by atoms with E-state index in [1.807, 2.05) is 23.6 Å². The fourth-order valence-electron chi connectivity index (χ4n) is 2.33. The van der Waals surface area contributed by atoms with Crippen molar-refractivity contribution < 1.29 is 9.53 Å². The van der Waals surface area contributed by atoms with Crippen molar-refractivity contribution in [2.45, 2.75) is 44.5 Å². The third kappa shape index (κ3) is 5.09. The zero-order valence-electron chi connectivity index (χ0n) is 14.8. The number of thioether (sulfide) groups is 1. The number of ether oxygens (including phenoxy) is 1. The van der Waals surface area contributed by atoms with Gasteiger partial charge >= 0.3 is 0 Å². The maximum absolute atomic E-state index is 11.0. The normalized spacial score (nSPS) is 12.2. The van der Waals surface area contributed by atoms with Gasteiger partial charge in [0.25, 0.3) is 0 Å². The first-order valence-corrected chi connectivity index (χ1v) is 9.12. The van der Waals surface area contributed by atoms with Crippen molar-refractivity contribution in [1.29, 1.82) is 0 Å². The Labute approximate surface area is 152 Å². The van der Waals surface area contributed by atoms with Crippen LogP contribution in [0.5, 0.6) is 5.75 Å². The lowest BCUT2D eigenvalue weighted by Crippen LogP contribution is -2.15. The van der Waals surface area contributed by atoms with Gasteiger partial charge in [-0.15, -0.1) is 16.8 Å². The average molecular weight is 360 g/mol. The molecule has 134 valence electrons. The van der Waals surface area contributed by atoms with Crippen LogP contribution in [0.2, 0.25) is 0 Å². The Hall–Kier alpha value is -2.28. The van der Waals surface area contributed by atoms with Gasteiger partial charge in [0.15, 0.2) is 17.1 Å². The van der Waals surface area contributed by atoms with Gasteiger partial charge in [-0.3, -0.25) is 9.36 Å². The molecule has 0 saturated carbocycles. The topological polar surface area (TPSA) is 83.0 Å². The summed E-state index contributed by atoms with van der Waals surface area (Å²) in [7, 11) is 0. The SMILES string of the molecule is C=CCn1c(SCC(N)=O)nnc1C(C)Oc1ccc(C(C)C)cc1. The first-order chi connectivity index (χ1) is 11.9. The van der Waals surface area contributed by atoms with Crippen LogP contribution in [-0.4, -0.2) is 26.4 Å². The molecule has 0 aliphatic heterocycles. The molecule has 7 heteroatoms. The first-order valence-electron chi connectivity index (χ1n) is 8.14. The minimum absolute atomic E-state index is 0.154. The number of benzene rings is 1. The van der Waals surface area contributed by atoms with Crippen LogP contribution in [0.1, 0.15) is 44.2 Å². The number of hydrogen-bond donors (Lipinski definition) is 1. The number of rotatable bonds is 9. The molecule has 1 heterocycles. The summed E-state index contributed by atoms with van der Waals surface area (Å²) in [6.07, 6.45) is 1.46. The van der Waals surface area contributed by atoms with E-state index in [2.05, 4.69) is 42.8 Å². The van der Waals surface area contributed by atoms with Crippen molar-refractivity contribution in [2.24, 2.45) is 5.73 Å². The predicted octanol–water partition coefficient (Wildman–Crippen LogP) is 3.30. The van der Waals surface area contributed by atoms with E-state index in [0.717, 1.165) is 5.75 Å². The fourth-order valence-corrected chi connectivity index (χ4v) is 3.03. The zero-order valence-corrected chi connectivity index (χ0v) is 15.6. The second-order valence-electron chi connectivity index (χ2n) is 5.98. The van der Waals surface area contributed by atoms with Gasteiger partial charge in [-0.2, -0.15) is 0 Å². The molecule has 1 atom stereocenters. The van der Waals surface area contributed by atoms with Gasteiger partial charge in [0.2, 0.25) is 5.91 Å². The second-order valence-corrected chi connectivity index (χ2v) is 6.92. The molecule has 0 bridgehead atoms. The Balaban J connectivity index is 2.15. The molecular formula is C18H24N4O2S. The van der Waals surface area contributed by atoms with Crippen LogP contribution in [0.25, 0.3) is 0 Å². The van der Waals surface area contributed by atoms with Crippen LogP contribution in [-0.2, 0) is 11.3 Å². The molecule has 0 fully saturated rings. The second kappa shape index (κ2) is 8.71. The van der Waals surface area contributed by atoms with Crippen molar-refractivity contribution in [3.8, 4) is 5.75 Å². The highest BCUT2D eigenvalue weighted by Gasteiger charge is 2.19. The van der Waals surface area contributed by atoms with Crippen molar-refractivity contribution >= 4 is 17.7 Å². The average Bonchev–Trinajstić information content (AvgIpc) is 2.96. The molecule has 0 aliphatic carbocycles. The highest BCUT2D eigenvalue weighted by Crippen LogP contribution is 2.26. The van der Waals surface area contributed by atoms with Gasteiger partial charge in [0.1, 0.15) is 5.75 Å². The lowest BCUT2D eigenvalue weighted by Gasteiger charge is -2.16. The van der Waals surface area contributed by atoms with Crippen molar-refractivity contribution in [3.05, 3.63) is 48.3 Å². The monoisotopic (exact) mass is 360 g/mol. The molecule has 2 N–H and O–H groups in total. The molecule has 1 amide bonds. The molecule has 25 heavy (non-hydrogen) atoms. The van der Waals surface area contributed by atoms with E-state index in [9.17, 15) is 4.79 Å². The van der Waals surface area contributed by atoms with E-state index in [1.54, 1.807) is 6.08 Å². The molecule has 1 aromatic heterocycles. The first kappa shape index (κ1) is 19.1. The van der Waals surface area contributed by atoms with Gasteiger partial charge in [0.05, 0.1) is 5.75 Å². The standard InChI is InChI=1S/C18H24N4O2S/c1-5-10-22-17(20-21-18(22)25-11-16(19)23)13(4)24-15-8-6-14(7-9-15)12(2)3/h5-9,12-13H,1,10-11H2,2-4H3,(H2,19,23). The quantitative estimate of drug-likeness (QED) is 0.548. The number of nitrogens with zero attached hydrogens (tertiary/aromatic N) is 3. The molecule has 0 radical (unpaired) electrons. The van der Waals surface area contributed by atoms with E-state index in [1.165, 1.54) is 17.3 Å². The molecule has 1 aromatic carbocycles. The Kier molecular flexibility index (Phi) is 6.64. The third-order valence-corrected chi connectivity index (χ3v) is 4.61. The Morgan fingerprint density at radius 2 is 2.00 bits per heavy atom. The van der Waals surface area contributed by atoms with Gasteiger partial charge in [0, 0.05) is 6.54 Å². The number of amides is 1. The highest BCUT2D eigenvalue weighted by molar-refractivity contribution is 7.99. The number of aromatic nitrogens is 3. The van der Waals surface area contributed by atoms with Gasteiger partial charge in [-0.05, 0) is 30.5 Å². The van der Waals surface area contributed by atoms with E-state index in [0.29, 0.717) is 23.4 Å². The summed E-state index contributed by atoms with van der Waals surface area (Å²) in [4.78, 5) is 11.0. The van der Waals surface area contributed by atoms with E-state index >= 15 is 0 Å². The predicted molar refractivity (Wildman–Crippen MR) is 99.7 cm³/mol. The molecule has 2 aromatic rings. The van der Waals surface area contributed by atoms with E-state index < -0.39 is 5.91 Å². The summed E-state index contributed by atoms with van der Waals surface area (Å²) in [5.74, 6) is 1.69. The number of hydrogen-bond acceptors (Lipinski definition) is 5. The van der Waals surface area contributed by atoms with Crippen LogP contribution in [0.15, 0.2) is 42.1 Å². The van der Waals surface area contributed by atoms with Crippen molar-refractivity contribution in [1.82, 2.24) is 14.8 Å². The highest BCUT2D eigenvalue weighted by atomic mass is 32.2. The lowest BCUT2D eigenvalue weighted by molar-refractivity contribution is -0.115. The largest absolute Gasteiger partial charge is 0.483 e. The molecule has 0 aliphatic rings. The van der Waals surface area contributed by atoms with Crippen LogP contribution in [0.4, 0.5) is 0 Å². The number of carbonyl (C=O) groups is 1. The zero-order chi connectivity index (χ0) is 18.4. The Bertz CT molecular complexity index is 725. The Morgan fingerprint density at radius 3 is 2.56 bits per heavy atom. The van der Waals surface area contributed by atoms with Crippen LogP contribution in [0, 0.1) is 0 Å². The molecular weight excluding hydrogens is 336 g/mol.